The van der Waals surface area contributed by atoms with Gasteiger partial charge in [-0.25, -0.2) is 0 Å². The quantitative estimate of drug-likeness (QED) is 0.871. The highest BCUT2D eigenvalue weighted by Gasteiger charge is 2.07. The molecule has 1 aromatic rings. The molecule has 2 nitrogen and oxygen atoms in total. The summed E-state index contributed by atoms with van der Waals surface area (Å²) in [5.74, 6) is 0. The molecule has 1 N–H and O–H groups in total. The molecule has 4 heteroatoms. The summed E-state index contributed by atoms with van der Waals surface area (Å²) in [6.45, 7) is 0.727. The SMILES string of the molecule is CNC(CCc1ccc(Br)cc1Cl)COC. The van der Waals surface area contributed by atoms with Crippen molar-refractivity contribution in [3.8, 4) is 0 Å². The third-order valence-electron chi connectivity index (χ3n) is 2.55. The average Bonchev–Trinajstić information content (AvgIpc) is 2.26. The van der Waals surface area contributed by atoms with Gasteiger partial charge in [0.2, 0.25) is 0 Å². The van der Waals surface area contributed by atoms with Crippen LogP contribution in [-0.2, 0) is 11.2 Å². The molecule has 90 valence electrons. The Kier molecular flexibility index (Phi) is 6.36. The normalized spacial score (nSPS) is 12.8. The lowest BCUT2D eigenvalue weighted by Crippen LogP contribution is -2.30. The highest BCUT2D eigenvalue weighted by atomic mass is 79.9. The van der Waals surface area contributed by atoms with Crippen molar-refractivity contribution in [2.24, 2.45) is 0 Å². The first-order chi connectivity index (χ1) is 7.67. The predicted octanol–water partition coefficient (Wildman–Crippen LogP) is 3.27. The molecule has 0 bridgehead atoms. The van der Waals surface area contributed by atoms with E-state index >= 15 is 0 Å². The molecule has 0 spiro atoms. The summed E-state index contributed by atoms with van der Waals surface area (Å²) in [6.07, 6.45) is 1.98. The van der Waals surface area contributed by atoms with Gasteiger partial charge in [0.25, 0.3) is 0 Å². The Morgan fingerprint density at radius 2 is 2.25 bits per heavy atom. The first-order valence-corrected chi connectivity index (χ1v) is 6.44. The first kappa shape index (κ1) is 14.0. The molecule has 1 unspecified atom stereocenters. The Morgan fingerprint density at radius 1 is 1.50 bits per heavy atom. The van der Waals surface area contributed by atoms with E-state index in [2.05, 4.69) is 27.3 Å². The summed E-state index contributed by atoms with van der Waals surface area (Å²) < 4.78 is 6.15. The number of aryl methyl sites for hydroxylation is 1. The van der Waals surface area contributed by atoms with Crippen LogP contribution in [0.5, 0.6) is 0 Å². The van der Waals surface area contributed by atoms with Crippen molar-refractivity contribution >= 4 is 27.5 Å². The third-order valence-corrected chi connectivity index (χ3v) is 3.40. The monoisotopic (exact) mass is 305 g/mol. The number of nitrogens with one attached hydrogen (secondary N) is 1. The Morgan fingerprint density at radius 3 is 2.81 bits per heavy atom. The Bertz CT molecular complexity index is 333. The predicted molar refractivity (Wildman–Crippen MR) is 72.2 cm³/mol. The molecule has 0 fully saturated rings. The lowest BCUT2D eigenvalue weighted by atomic mass is 10.1. The summed E-state index contributed by atoms with van der Waals surface area (Å²) in [5, 5.41) is 4.05. The molecule has 0 aliphatic heterocycles. The molecule has 0 radical (unpaired) electrons. The smallest absolute Gasteiger partial charge is 0.0615 e. The van der Waals surface area contributed by atoms with Crippen molar-refractivity contribution < 1.29 is 4.74 Å². The summed E-state index contributed by atoms with van der Waals surface area (Å²) in [6, 6.07) is 6.39. The fourth-order valence-electron chi connectivity index (χ4n) is 1.57. The molecule has 0 heterocycles. The second-order valence-electron chi connectivity index (χ2n) is 3.72. The summed E-state index contributed by atoms with van der Waals surface area (Å²) in [4.78, 5) is 0. The number of likely N-dealkylation sites (N-methyl/N-ethyl adjacent to an activating group) is 1. The number of ether oxygens (including phenoxy) is 1. The van der Waals surface area contributed by atoms with Gasteiger partial charge in [-0.2, -0.15) is 0 Å². The fraction of sp³-hybridized carbons (Fsp3) is 0.500. The van der Waals surface area contributed by atoms with Gasteiger partial charge in [0.05, 0.1) is 6.61 Å². The standard InChI is InChI=1S/C12H17BrClNO/c1-15-11(8-16-2)6-4-9-3-5-10(13)7-12(9)14/h3,5,7,11,15H,4,6,8H2,1-2H3. The van der Waals surface area contributed by atoms with Crippen LogP contribution in [0.2, 0.25) is 5.02 Å². The molecule has 0 saturated heterocycles. The van der Waals surface area contributed by atoms with Crippen molar-refractivity contribution in [1.29, 1.82) is 0 Å². The van der Waals surface area contributed by atoms with Crippen molar-refractivity contribution in [1.82, 2.24) is 5.32 Å². The van der Waals surface area contributed by atoms with Gasteiger partial charge in [-0.1, -0.05) is 33.6 Å². The Hall–Kier alpha value is -0.0900. The first-order valence-electron chi connectivity index (χ1n) is 5.27. The number of benzene rings is 1. The van der Waals surface area contributed by atoms with Gasteiger partial charge in [0.15, 0.2) is 0 Å². The number of hydrogen-bond acceptors (Lipinski definition) is 2. The molecule has 0 saturated carbocycles. The molecule has 0 aliphatic carbocycles. The van der Waals surface area contributed by atoms with Crippen LogP contribution in [0.25, 0.3) is 0 Å². The van der Waals surface area contributed by atoms with Gasteiger partial charge >= 0.3 is 0 Å². The lowest BCUT2D eigenvalue weighted by Gasteiger charge is -2.15. The molecule has 1 atom stereocenters. The Labute approximate surface area is 110 Å². The van der Waals surface area contributed by atoms with E-state index in [-0.39, 0.29) is 0 Å². The molecular weight excluding hydrogens is 289 g/mol. The van der Waals surface area contributed by atoms with E-state index in [0.717, 1.165) is 28.9 Å². The number of hydrogen-bond donors (Lipinski definition) is 1. The van der Waals surface area contributed by atoms with E-state index in [9.17, 15) is 0 Å². The van der Waals surface area contributed by atoms with E-state index in [1.54, 1.807) is 7.11 Å². The topological polar surface area (TPSA) is 21.3 Å². The summed E-state index contributed by atoms with van der Waals surface area (Å²) in [5.41, 5.74) is 1.18. The fourth-order valence-corrected chi connectivity index (χ4v) is 2.33. The molecule has 1 rings (SSSR count). The van der Waals surface area contributed by atoms with Crippen LogP contribution in [0, 0.1) is 0 Å². The maximum Gasteiger partial charge on any atom is 0.0615 e. The zero-order chi connectivity index (χ0) is 12.0. The summed E-state index contributed by atoms with van der Waals surface area (Å²) in [7, 11) is 3.67. The van der Waals surface area contributed by atoms with Crippen LogP contribution in [0.3, 0.4) is 0 Å². The van der Waals surface area contributed by atoms with Gasteiger partial charge in [-0.3, -0.25) is 0 Å². The van der Waals surface area contributed by atoms with Crippen molar-refractivity contribution in [2.75, 3.05) is 20.8 Å². The van der Waals surface area contributed by atoms with Crippen molar-refractivity contribution in [3.63, 3.8) is 0 Å². The maximum absolute atomic E-state index is 6.15. The van der Waals surface area contributed by atoms with Crippen molar-refractivity contribution in [2.45, 2.75) is 18.9 Å². The van der Waals surface area contributed by atoms with Gasteiger partial charge in [-0.15, -0.1) is 0 Å². The van der Waals surface area contributed by atoms with Crippen LogP contribution >= 0.6 is 27.5 Å². The lowest BCUT2D eigenvalue weighted by molar-refractivity contribution is 0.166. The van der Waals surface area contributed by atoms with E-state index in [4.69, 9.17) is 16.3 Å². The van der Waals surface area contributed by atoms with Gasteiger partial charge in [0.1, 0.15) is 0 Å². The maximum atomic E-state index is 6.15. The van der Waals surface area contributed by atoms with Crippen LogP contribution < -0.4 is 5.32 Å². The summed E-state index contributed by atoms with van der Waals surface area (Å²) >= 11 is 9.55. The molecule has 16 heavy (non-hydrogen) atoms. The van der Waals surface area contributed by atoms with E-state index in [1.807, 2.05) is 19.2 Å². The average molecular weight is 307 g/mol. The van der Waals surface area contributed by atoms with Gasteiger partial charge in [0, 0.05) is 22.6 Å². The Balaban J connectivity index is 2.53. The number of methoxy groups -OCH3 is 1. The molecule has 0 aromatic heterocycles. The van der Waals surface area contributed by atoms with Crippen LogP contribution in [0.15, 0.2) is 22.7 Å². The third kappa shape index (κ3) is 4.42. The number of halogens is 2. The van der Waals surface area contributed by atoms with Crippen molar-refractivity contribution in [3.05, 3.63) is 33.3 Å². The van der Waals surface area contributed by atoms with Crippen LogP contribution in [-0.4, -0.2) is 26.8 Å². The minimum Gasteiger partial charge on any atom is -0.383 e. The minimum atomic E-state index is 0.379. The second kappa shape index (κ2) is 7.28. The zero-order valence-electron chi connectivity index (χ0n) is 9.59. The van der Waals surface area contributed by atoms with Crippen LogP contribution in [0.4, 0.5) is 0 Å². The largest absolute Gasteiger partial charge is 0.383 e. The van der Waals surface area contributed by atoms with E-state index in [0.29, 0.717) is 6.04 Å². The minimum absolute atomic E-state index is 0.379. The van der Waals surface area contributed by atoms with Crippen LogP contribution in [0.1, 0.15) is 12.0 Å². The molecule has 0 amide bonds. The van der Waals surface area contributed by atoms with E-state index < -0.39 is 0 Å². The van der Waals surface area contributed by atoms with Gasteiger partial charge in [-0.05, 0) is 37.6 Å². The highest BCUT2D eigenvalue weighted by Crippen LogP contribution is 2.22. The molecular formula is C12H17BrClNO. The molecule has 0 aliphatic rings. The van der Waals surface area contributed by atoms with E-state index in [1.165, 1.54) is 5.56 Å². The molecule has 1 aromatic carbocycles. The highest BCUT2D eigenvalue weighted by molar-refractivity contribution is 9.10. The van der Waals surface area contributed by atoms with Gasteiger partial charge < -0.3 is 10.1 Å². The number of rotatable bonds is 6. The second-order valence-corrected chi connectivity index (χ2v) is 5.04. The zero-order valence-corrected chi connectivity index (χ0v) is 11.9.